The zero-order chi connectivity index (χ0) is 60.0. The van der Waals surface area contributed by atoms with Crippen LogP contribution in [-0.2, 0) is 56.0 Å². The Morgan fingerprint density at radius 2 is 0.675 bits per heavy atom. The van der Waals surface area contributed by atoms with Crippen molar-refractivity contribution in [3.63, 3.8) is 0 Å². The molecule has 0 saturated heterocycles. The Balaban J connectivity index is 0.000000370. The van der Waals surface area contributed by atoms with Crippen LogP contribution in [0.5, 0.6) is 0 Å². The number of benzene rings is 5. The second-order valence-corrected chi connectivity index (χ2v) is 18.4. The number of pyridine rings is 1. The second kappa shape index (κ2) is 21.9. The summed E-state index contributed by atoms with van der Waals surface area (Å²) in [6.07, 6.45) is -44.8. The number of hydrogen-bond donors (Lipinski definition) is 0. The zero-order valence-corrected chi connectivity index (χ0v) is 39.8. The van der Waals surface area contributed by atoms with E-state index in [0.717, 1.165) is 18.4 Å². The molecule has 1 aromatic heterocycles. The Morgan fingerprint density at radius 1 is 0.400 bits per heavy atom. The molecule has 0 unspecified atom stereocenters. The van der Waals surface area contributed by atoms with E-state index in [1.165, 1.54) is 30.0 Å². The number of hydrogen-bond acceptors (Lipinski definition) is 2. The number of fused-ring (bicyclic) bond motifs is 1. The van der Waals surface area contributed by atoms with Crippen molar-refractivity contribution < 1.29 is 110 Å². The SMILES string of the molecule is FC(F)(F)c1cc([B-](c2cc(C(F)(F)F)cc(C(F)(F)F)c2)(c2cc(C(F)(F)F)cc(C(F)(F)F)c2)c2cc(C(F)(F)F)cc(C(F)(F)F)c2)cc(C(F)(F)F)c1.N#CC(C#N)=C(C[n+]1ccc2ccccc2c1)C1CCCCC1. The minimum absolute atomic E-state index is 0.303. The molecular weight excluding hydrogens is 1130 g/mol. The maximum absolute atomic E-state index is 14.2. The van der Waals surface area contributed by atoms with E-state index in [1.807, 2.05) is 18.3 Å². The number of alkyl halides is 24. The van der Waals surface area contributed by atoms with E-state index < -0.39 is 195 Å². The van der Waals surface area contributed by atoms with E-state index in [-0.39, 0.29) is 0 Å². The van der Waals surface area contributed by atoms with Crippen LogP contribution in [0.2, 0.25) is 0 Å². The summed E-state index contributed by atoms with van der Waals surface area (Å²) in [5.74, 6) is 0.372. The lowest BCUT2D eigenvalue weighted by Crippen LogP contribution is -2.75. The monoisotopic (exact) mass is 1170 g/mol. The Hall–Kier alpha value is -7.39. The number of nitrogens with zero attached hydrogens (tertiary/aromatic N) is 3. The average molecular weight is 1170 g/mol. The summed E-state index contributed by atoms with van der Waals surface area (Å²) >= 11 is 0. The topological polar surface area (TPSA) is 51.5 Å². The van der Waals surface area contributed by atoms with Crippen LogP contribution in [-0.4, -0.2) is 6.15 Å². The van der Waals surface area contributed by atoms with Gasteiger partial charge in [-0.05, 0) is 54.5 Å². The van der Waals surface area contributed by atoms with Gasteiger partial charge in [-0.15, -0.1) is 0 Å². The molecule has 5 aromatic carbocycles. The quantitative estimate of drug-likeness (QED) is 0.0692. The minimum atomic E-state index is -6.13. The van der Waals surface area contributed by atoms with Crippen LogP contribution in [0.1, 0.15) is 76.6 Å². The van der Waals surface area contributed by atoms with Crippen molar-refractivity contribution in [3.05, 3.63) is 171 Å². The van der Waals surface area contributed by atoms with Gasteiger partial charge in [-0.3, -0.25) is 0 Å². The molecule has 0 bridgehead atoms. The van der Waals surface area contributed by atoms with Gasteiger partial charge in [0.15, 0.2) is 18.9 Å². The number of halogens is 24. The van der Waals surface area contributed by atoms with Gasteiger partial charge in [-0.2, -0.15) is 138 Å². The Kier molecular flexibility index (Phi) is 16.9. The van der Waals surface area contributed by atoms with E-state index >= 15 is 0 Å². The lowest BCUT2D eigenvalue weighted by atomic mass is 9.12. The van der Waals surface area contributed by atoms with Crippen LogP contribution < -0.4 is 26.4 Å². The molecule has 1 heterocycles. The van der Waals surface area contributed by atoms with Gasteiger partial charge in [0.1, 0.15) is 23.9 Å². The first-order valence-corrected chi connectivity index (χ1v) is 22.8. The van der Waals surface area contributed by atoms with E-state index in [2.05, 4.69) is 41.1 Å². The molecule has 0 atom stereocenters. The Labute approximate surface area is 435 Å². The average Bonchev–Trinajstić information content (AvgIpc) is 3.35. The van der Waals surface area contributed by atoms with Crippen LogP contribution in [0.4, 0.5) is 105 Å². The lowest BCUT2D eigenvalue weighted by Gasteiger charge is -2.46. The Bertz CT molecular complexity index is 2920. The van der Waals surface area contributed by atoms with Crippen molar-refractivity contribution >= 4 is 38.8 Å². The van der Waals surface area contributed by atoms with E-state index in [9.17, 15) is 116 Å². The van der Waals surface area contributed by atoms with Gasteiger partial charge in [-0.1, -0.05) is 86.0 Å². The molecule has 1 aliphatic carbocycles. The van der Waals surface area contributed by atoms with Gasteiger partial charge in [0.05, 0.1) is 44.5 Å². The van der Waals surface area contributed by atoms with E-state index in [4.69, 9.17) is 0 Å². The maximum Gasteiger partial charge on any atom is 0.416 e. The van der Waals surface area contributed by atoms with Crippen LogP contribution in [0.3, 0.4) is 0 Å². The molecule has 426 valence electrons. The predicted octanol–water partition coefficient (Wildman–Crippen LogP) is 15.3. The molecule has 6 aromatic rings. The molecule has 3 nitrogen and oxygen atoms in total. The highest BCUT2D eigenvalue weighted by atomic mass is 19.4. The molecule has 80 heavy (non-hydrogen) atoms. The van der Waals surface area contributed by atoms with E-state index in [1.54, 1.807) is 0 Å². The smallest absolute Gasteiger partial charge is 0.200 e. The molecule has 0 N–H and O–H groups in total. The van der Waals surface area contributed by atoms with Crippen LogP contribution >= 0.6 is 0 Å². The summed E-state index contributed by atoms with van der Waals surface area (Å²) in [4.78, 5) is 0. The largest absolute Gasteiger partial charge is 0.416 e. The summed E-state index contributed by atoms with van der Waals surface area (Å²) in [6.45, 7) is 0.631. The number of nitriles is 2. The minimum Gasteiger partial charge on any atom is -0.200 e. The highest BCUT2D eigenvalue weighted by molar-refractivity contribution is 7.20. The van der Waals surface area contributed by atoms with Gasteiger partial charge in [0.2, 0.25) is 0 Å². The van der Waals surface area contributed by atoms with Gasteiger partial charge in [0.25, 0.3) is 0 Å². The van der Waals surface area contributed by atoms with Gasteiger partial charge < -0.3 is 0 Å². The number of allylic oxidation sites excluding steroid dienone is 2. The molecule has 0 spiro atoms. The second-order valence-electron chi connectivity index (χ2n) is 18.4. The van der Waals surface area contributed by atoms with Gasteiger partial charge in [-0.25, -0.2) is 4.57 Å². The number of rotatable bonds is 7. The Morgan fingerprint density at radius 3 is 0.938 bits per heavy atom. The third-order valence-electron chi connectivity index (χ3n) is 13.2. The molecule has 0 amide bonds. The normalized spacial score (nSPS) is 14.5. The van der Waals surface area contributed by atoms with Gasteiger partial charge >= 0.3 is 49.4 Å². The first-order chi connectivity index (χ1) is 36.6. The molecule has 1 aliphatic rings. The highest BCUT2D eigenvalue weighted by Crippen LogP contribution is 2.42. The van der Waals surface area contributed by atoms with Crippen molar-refractivity contribution in [2.45, 2.75) is 88.1 Å². The highest BCUT2D eigenvalue weighted by Gasteiger charge is 2.47. The maximum atomic E-state index is 14.2. The third-order valence-corrected chi connectivity index (χ3v) is 13.2. The summed E-state index contributed by atoms with van der Waals surface area (Å²) in [6, 6.07) is 5.74. The standard InChI is InChI=1S/C32H12BF24.C20H20N3/c34-25(35,36)13-1-14(26(37,38)39)6-21(5-13)33(22-7-15(27(40,41)42)2-16(8-22)28(43,44)45,23-9-17(29(46,47)48)3-18(10-23)30(49,50)51)24-11-19(31(52,53)54)4-20(12-24)32(55,56)57;21-12-19(13-22)20(17-7-2-1-3-8-17)15-23-11-10-16-6-4-5-9-18(16)14-23/h1-12H;4-6,9-11,14,17H,1-3,7-8,15H2/q-1;+1. The van der Waals surface area contributed by atoms with Gasteiger partial charge in [0, 0.05) is 17.0 Å². The first kappa shape index (κ1) is 61.8. The summed E-state index contributed by atoms with van der Waals surface area (Å²) in [5, 5.41) is 21.1. The molecule has 7 rings (SSSR count). The predicted molar refractivity (Wildman–Crippen MR) is 239 cm³/mol. The summed E-state index contributed by atoms with van der Waals surface area (Å²) in [7, 11) is 0. The molecule has 1 fully saturated rings. The molecule has 1 saturated carbocycles. The van der Waals surface area contributed by atoms with Crippen LogP contribution in [0, 0.1) is 28.6 Å². The molecular formula is C52H32BF24N3. The van der Waals surface area contributed by atoms with Crippen molar-refractivity contribution in [1.82, 2.24) is 0 Å². The van der Waals surface area contributed by atoms with Crippen molar-refractivity contribution in [2.75, 3.05) is 0 Å². The van der Waals surface area contributed by atoms with Crippen LogP contribution in [0.15, 0.2) is 127 Å². The third kappa shape index (κ3) is 14.0. The zero-order valence-electron chi connectivity index (χ0n) is 39.8. The van der Waals surface area contributed by atoms with Crippen molar-refractivity contribution in [1.29, 1.82) is 10.5 Å². The van der Waals surface area contributed by atoms with E-state index in [0.29, 0.717) is 18.0 Å². The fraction of sp³-hybridized carbons (Fsp3) is 0.288. The molecule has 0 aliphatic heterocycles. The van der Waals surface area contributed by atoms with Crippen LogP contribution in [0.25, 0.3) is 10.8 Å². The van der Waals surface area contributed by atoms with Crippen molar-refractivity contribution in [3.8, 4) is 12.1 Å². The fourth-order valence-corrected chi connectivity index (χ4v) is 9.58. The van der Waals surface area contributed by atoms with Crippen molar-refractivity contribution in [2.24, 2.45) is 5.92 Å². The summed E-state index contributed by atoms with van der Waals surface area (Å²) in [5.41, 5.74) is -28.9. The lowest BCUT2D eigenvalue weighted by molar-refractivity contribution is -0.688. The summed E-state index contributed by atoms with van der Waals surface area (Å²) < 4.78 is 343. The molecule has 28 heteroatoms. The fourth-order valence-electron chi connectivity index (χ4n) is 9.58. The first-order valence-electron chi connectivity index (χ1n) is 22.8. The number of aromatic nitrogens is 1. The molecule has 0 radical (unpaired) electrons.